The van der Waals surface area contributed by atoms with Crippen LogP contribution >= 0.6 is 11.3 Å². The van der Waals surface area contributed by atoms with Crippen LogP contribution in [0.5, 0.6) is 0 Å². The fraction of sp³-hybridized carbons (Fsp3) is 0.0566. The van der Waals surface area contributed by atoms with Gasteiger partial charge in [0, 0.05) is 32.1 Å². The summed E-state index contributed by atoms with van der Waals surface area (Å²) in [5.41, 5.74) is 12.5. The Morgan fingerprint density at radius 3 is 1.49 bits per heavy atom. The number of rotatable bonds is 5. The van der Waals surface area contributed by atoms with Gasteiger partial charge in [0.05, 0.1) is 0 Å². The van der Waals surface area contributed by atoms with Gasteiger partial charge in [0.15, 0.2) is 0 Å². The van der Waals surface area contributed by atoms with Crippen LogP contribution in [0, 0.1) is 0 Å². The molecule has 0 fully saturated rings. The first kappa shape index (κ1) is 32.0. The fourth-order valence-electron chi connectivity index (χ4n) is 9.15. The number of nitrogens with zero attached hydrogens (tertiary/aromatic N) is 1. The van der Waals surface area contributed by atoms with Crippen molar-refractivity contribution in [1.82, 2.24) is 0 Å². The maximum absolute atomic E-state index is 2.44. The number of anilines is 3. The lowest BCUT2D eigenvalue weighted by molar-refractivity contribution is 0.667. The molecule has 0 N–H and O–H groups in total. The molecule has 1 aliphatic rings. The van der Waals surface area contributed by atoms with Crippen LogP contribution in [-0.4, -0.2) is 0 Å². The minimum Gasteiger partial charge on any atom is -0.310 e. The Kier molecular flexibility index (Phi) is 7.14. The molecule has 1 heterocycles. The van der Waals surface area contributed by atoms with Crippen LogP contribution in [-0.2, 0) is 5.41 Å². The summed E-state index contributed by atoms with van der Waals surface area (Å²) >= 11 is 1.93. The molecule has 0 radical (unpaired) electrons. The molecule has 10 aromatic rings. The van der Waals surface area contributed by atoms with Gasteiger partial charge in [-0.2, -0.15) is 0 Å². The molecule has 9 aromatic carbocycles. The van der Waals surface area contributed by atoms with E-state index in [9.17, 15) is 0 Å². The van der Waals surface area contributed by atoms with E-state index in [1.54, 1.807) is 0 Å². The van der Waals surface area contributed by atoms with Crippen LogP contribution in [0.2, 0.25) is 0 Å². The van der Waals surface area contributed by atoms with Crippen LogP contribution in [0.4, 0.5) is 17.1 Å². The second kappa shape index (κ2) is 12.3. The van der Waals surface area contributed by atoms with Crippen molar-refractivity contribution in [3.05, 3.63) is 199 Å². The molecule has 0 saturated heterocycles. The zero-order valence-electron chi connectivity index (χ0n) is 30.8. The fourth-order valence-corrected chi connectivity index (χ4v) is 10.5. The summed E-state index contributed by atoms with van der Waals surface area (Å²) in [6.07, 6.45) is 0. The molecule has 0 saturated carbocycles. The molecule has 0 unspecified atom stereocenters. The quantitative estimate of drug-likeness (QED) is 0.160. The SMILES string of the molecule is CC1(C)c2cc(-c3ccc(N(c4ccc(-c5ccccc5)cc4)c4ccc5c6ccccc6c6ccccc6c5c4)cc3)ccc2-c2sc3ccccc3c21. The van der Waals surface area contributed by atoms with Crippen molar-refractivity contribution >= 4 is 70.8 Å². The van der Waals surface area contributed by atoms with Gasteiger partial charge >= 0.3 is 0 Å². The van der Waals surface area contributed by atoms with E-state index in [4.69, 9.17) is 0 Å². The summed E-state index contributed by atoms with van der Waals surface area (Å²) < 4.78 is 1.37. The molecule has 0 atom stereocenters. The molecular formula is C53H37NS. The highest BCUT2D eigenvalue weighted by molar-refractivity contribution is 7.22. The molecule has 1 nitrogen and oxygen atoms in total. The van der Waals surface area contributed by atoms with Crippen molar-refractivity contribution in [2.45, 2.75) is 19.3 Å². The molecule has 1 aromatic heterocycles. The Morgan fingerprint density at radius 2 is 0.855 bits per heavy atom. The number of benzene rings is 9. The van der Waals surface area contributed by atoms with Crippen molar-refractivity contribution < 1.29 is 0 Å². The highest BCUT2D eigenvalue weighted by Gasteiger charge is 2.38. The van der Waals surface area contributed by atoms with E-state index in [0.717, 1.165) is 17.1 Å². The van der Waals surface area contributed by atoms with Gasteiger partial charge in [-0.3, -0.25) is 0 Å². The number of hydrogen-bond donors (Lipinski definition) is 0. The maximum Gasteiger partial charge on any atom is 0.0468 e. The summed E-state index contributed by atoms with van der Waals surface area (Å²) in [4.78, 5) is 3.82. The minimum absolute atomic E-state index is 0.0610. The summed E-state index contributed by atoms with van der Waals surface area (Å²) in [5.74, 6) is 0. The predicted molar refractivity (Wildman–Crippen MR) is 237 cm³/mol. The highest BCUT2D eigenvalue weighted by atomic mass is 32.1. The molecule has 0 aliphatic heterocycles. The second-order valence-corrected chi connectivity index (χ2v) is 16.4. The lowest BCUT2D eigenvalue weighted by Crippen LogP contribution is -2.15. The Bertz CT molecular complexity index is 3060. The molecule has 1 aliphatic carbocycles. The van der Waals surface area contributed by atoms with E-state index in [0.29, 0.717) is 0 Å². The molecule has 0 amide bonds. The first-order chi connectivity index (χ1) is 27.0. The van der Waals surface area contributed by atoms with Gasteiger partial charge < -0.3 is 4.90 Å². The van der Waals surface area contributed by atoms with Crippen molar-refractivity contribution in [3.63, 3.8) is 0 Å². The Labute approximate surface area is 325 Å². The van der Waals surface area contributed by atoms with E-state index in [2.05, 4.69) is 207 Å². The Hall–Kier alpha value is -6.48. The van der Waals surface area contributed by atoms with Gasteiger partial charge in [-0.15, -0.1) is 11.3 Å². The van der Waals surface area contributed by atoms with Crippen molar-refractivity contribution in [2.75, 3.05) is 4.90 Å². The normalized spacial score (nSPS) is 13.1. The average molecular weight is 720 g/mol. The van der Waals surface area contributed by atoms with Crippen LogP contribution < -0.4 is 4.90 Å². The molecule has 55 heavy (non-hydrogen) atoms. The zero-order valence-corrected chi connectivity index (χ0v) is 31.6. The predicted octanol–water partition coefficient (Wildman–Crippen LogP) is 15.5. The molecule has 0 spiro atoms. The highest BCUT2D eigenvalue weighted by Crippen LogP contribution is 2.56. The van der Waals surface area contributed by atoms with E-state index >= 15 is 0 Å². The number of thiophene rings is 1. The van der Waals surface area contributed by atoms with Crippen molar-refractivity contribution in [3.8, 4) is 32.7 Å². The van der Waals surface area contributed by atoms with Crippen LogP contribution in [0.3, 0.4) is 0 Å². The lowest BCUT2D eigenvalue weighted by Gasteiger charge is -2.27. The number of fused-ring (bicyclic) bond motifs is 11. The molecule has 0 bridgehead atoms. The van der Waals surface area contributed by atoms with Gasteiger partial charge in [-0.1, -0.05) is 153 Å². The minimum atomic E-state index is -0.0610. The molecule has 2 heteroatoms. The average Bonchev–Trinajstić information content (AvgIpc) is 3.74. The third kappa shape index (κ3) is 4.99. The Morgan fingerprint density at radius 1 is 0.382 bits per heavy atom. The first-order valence-electron chi connectivity index (χ1n) is 19.1. The zero-order chi connectivity index (χ0) is 36.7. The van der Waals surface area contributed by atoms with Crippen LogP contribution in [0.25, 0.3) is 75.1 Å². The monoisotopic (exact) mass is 719 g/mol. The smallest absolute Gasteiger partial charge is 0.0468 e. The molecular weight excluding hydrogens is 683 g/mol. The first-order valence-corrected chi connectivity index (χ1v) is 19.9. The molecule has 260 valence electrons. The molecule has 11 rings (SSSR count). The second-order valence-electron chi connectivity index (χ2n) is 15.3. The van der Waals surface area contributed by atoms with Gasteiger partial charge in [0.1, 0.15) is 0 Å². The van der Waals surface area contributed by atoms with Crippen LogP contribution in [0.1, 0.15) is 25.0 Å². The van der Waals surface area contributed by atoms with E-state index < -0.39 is 0 Å². The third-order valence-electron chi connectivity index (χ3n) is 11.8. The maximum atomic E-state index is 2.44. The Balaban J connectivity index is 1.03. The van der Waals surface area contributed by atoms with E-state index in [1.165, 1.54) is 86.2 Å². The summed E-state index contributed by atoms with van der Waals surface area (Å²) in [5, 5.41) is 9.06. The van der Waals surface area contributed by atoms with Gasteiger partial charge in [0.25, 0.3) is 0 Å². The van der Waals surface area contributed by atoms with Gasteiger partial charge in [-0.25, -0.2) is 0 Å². The summed E-state index contributed by atoms with van der Waals surface area (Å²) in [7, 11) is 0. The van der Waals surface area contributed by atoms with Crippen molar-refractivity contribution in [2.24, 2.45) is 0 Å². The van der Waals surface area contributed by atoms with Crippen molar-refractivity contribution in [1.29, 1.82) is 0 Å². The standard InChI is InChI=1S/C53H37NS/c1-53(2)49-32-37(24-30-46(49)52-51(53)47-18-10-11-19-50(47)55-52)36-22-27-39(28-23-36)54(38-25-20-35(21-26-38)34-12-4-3-5-13-34)40-29-31-45-43-16-7-6-14-41(43)42-15-8-9-17-44(42)48(45)33-40/h3-33H,1-2H3. The summed E-state index contributed by atoms with van der Waals surface area (Å²) in [6, 6.07) is 69.3. The van der Waals surface area contributed by atoms with E-state index in [-0.39, 0.29) is 5.41 Å². The van der Waals surface area contributed by atoms with Crippen LogP contribution in [0.15, 0.2) is 188 Å². The summed E-state index contributed by atoms with van der Waals surface area (Å²) in [6.45, 7) is 4.78. The van der Waals surface area contributed by atoms with E-state index in [1.807, 2.05) is 11.3 Å². The largest absolute Gasteiger partial charge is 0.310 e. The lowest BCUT2D eigenvalue weighted by atomic mass is 9.80. The third-order valence-corrected chi connectivity index (χ3v) is 13.0. The van der Waals surface area contributed by atoms with Gasteiger partial charge in [-0.05, 0) is 125 Å². The topological polar surface area (TPSA) is 3.24 Å². The number of hydrogen-bond acceptors (Lipinski definition) is 2. The van der Waals surface area contributed by atoms with Gasteiger partial charge in [0.2, 0.25) is 0 Å².